The lowest BCUT2D eigenvalue weighted by molar-refractivity contribution is 0.607. The van der Waals surface area contributed by atoms with Gasteiger partial charge < -0.3 is 0 Å². The van der Waals surface area contributed by atoms with E-state index in [2.05, 4.69) is 41.5 Å². The Hall–Kier alpha value is -0.920. The van der Waals surface area contributed by atoms with Crippen LogP contribution in [0.3, 0.4) is 0 Å². The maximum Gasteiger partial charge on any atom is 0.0621 e. The lowest BCUT2D eigenvalue weighted by Crippen LogP contribution is -2.09. The van der Waals surface area contributed by atoms with E-state index in [0.29, 0.717) is 11.8 Å². The van der Waals surface area contributed by atoms with Gasteiger partial charge >= 0.3 is 0 Å². The first kappa shape index (κ1) is 13.1. The van der Waals surface area contributed by atoms with Crippen LogP contribution in [0.4, 0.5) is 0 Å². The Morgan fingerprint density at radius 1 is 0.750 bits per heavy atom. The summed E-state index contributed by atoms with van der Waals surface area (Å²) < 4.78 is 0. The average molecular weight is 220 g/mol. The van der Waals surface area contributed by atoms with Crippen LogP contribution >= 0.6 is 0 Å². The lowest BCUT2D eigenvalue weighted by Gasteiger charge is -2.13. The molecule has 0 N–H and O–H groups in total. The van der Waals surface area contributed by atoms with Crippen molar-refractivity contribution in [2.75, 3.05) is 0 Å². The summed E-state index contributed by atoms with van der Waals surface area (Å²) in [6.07, 6.45) is 2.06. The van der Waals surface area contributed by atoms with E-state index in [4.69, 9.17) is 9.97 Å². The minimum Gasteiger partial charge on any atom is -0.254 e. The molecule has 0 unspecified atom stereocenters. The number of hydrogen-bond acceptors (Lipinski definition) is 2. The van der Waals surface area contributed by atoms with Gasteiger partial charge in [-0.3, -0.25) is 9.97 Å². The molecule has 0 amide bonds. The highest BCUT2D eigenvalue weighted by molar-refractivity contribution is 5.19. The van der Waals surface area contributed by atoms with Gasteiger partial charge in [-0.05, 0) is 38.5 Å². The fraction of sp³-hybridized carbons (Fsp3) is 0.714. The quantitative estimate of drug-likeness (QED) is 0.776. The van der Waals surface area contributed by atoms with E-state index in [0.717, 1.165) is 24.2 Å². The third-order valence-electron chi connectivity index (χ3n) is 2.64. The number of aryl methyl sites for hydroxylation is 2. The fourth-order valence-electron chi connectivity index (χ4n) is 1.86. The molecule has 0 aliphatic carbocycles. The van der Waals surface area contributed by atoms with E-state index in [-0.39, 0.29) is 0 Å². The van der Waals surface area contributed by atoms with Gasteiger partial charge in [0.1, 0.15) is 0 Å². The van der Waals surface area contributed by atoms with Gasteiger partial charge in [0, 0.05) is 0 Å². The molecule has 1 aromatic rings. The van der Waals surface area contributed by atoms with E-state index >= 15 is 0 Å². The van der Waals surface area contributed by atoms with E-state index in [1.807, 2.05) is 0 Å². The van der Waals surface area contributed by atoms with Crippen molar-refractivity contribution in [1.29, 1.82) is 0 Å². The van der Waals surface area contributed by atoms with Crippen molar-refractivity contribution >= 4 is 0 Å². The smallest absolute Gasteiger partial charge is 0.0621 e. The highest BCUT2D eigenvalue weighted by Crippen LogP contribution is 2.14. The molecule has 1 rings (SSSR count). The van der Waals surface area contributed by atoms with Crippen molar-refractivity contribution in [2.45, 2.75) is 54.4 Å². The molecule has 2 nitrogen and oxygen atoms in total. The number of hydrogen-bond donors (Lipinski definition) is 0. The predicted molar refractivity (Wildman–Crippen MR) is 68.6 cm³/mol. The van der Waals surface area contributed by atoms with Crippen LogP contribution in [-0.2, 0) is 12.8 Å². The van der Waals surface area contributed by atoms with Gasteiger partial charge in [0.05, 0.1) is 22.8 Å². The van der Waals surface area contributed by atoms with Crippen molar-refractivity contribution in [3.8, 4) is 0 Å². The largest absolute Gasteiger partial charge is 0.254 e. The zero-order valence-electron chi connectivity index (χ0n) is 11.5. The van der Waals surface area contributed by atoms with Crippen molar-refractivity contribution in [1.82, 2.24) is 9.97 Å². The molecule has 2 heteroatoms. The molecule has 0 saturated carbocycles. The zero-order valence-corrected chi connectivity index (χ0v) is 11.5. The Kier molecular flexibility index (Phi) is 4.45. The molecule has 0 radical (unpaired) electrons. The lowest BCUT2D eigenvalue weighted by atomic mass is 10.0. The van der Waals surface area contributed by atoms with Gasteiger partial charge in [0.2, 0.25) is 0 Å². The second-order valence-electron chi connectivity index (χ2n) is 5.48. The minimum absolute atomic E-state index is 0.642. The SMILES string of the molecule is Cc1nc(CC(C)C)c(C)nc1CC(C)C. The van der Waals surface area contributed by atoms with Crippen LogP contribution in [0, 0.1) is 25.7 Å². The Balaban J connectivity index is 2.97. The number of rotatable bonds is 4. The third kappa shape index (κ3) is 3.58. The summed E-state index contributed by atoms with van der Waals surface area (Å²) in [6.45, 7) is 13.0. The molecule has 90 valence electrons. The van der Waals surface area contributed by atoms with Crippen molar-refractivity contribution in [2.24, 2.45) is 11.8 Å². The summed E-state index contributed by atoms with van der Waals surface area (Å²) in [5.74, 6) is 1.28. The predicted octanol–water partition coefficient (Wildman–Crippen LogP) is 3.49. The zero-order chi connectivity index (χ0) is 12.3. The first-order valence-electron chi connectivity index (χ1n) is 6.23. The number of aromatic nitrogens is 2. The molecule has 0 fully saturated rings. The molecular formula is C14H24N2. The van der Waals surface area contributed by atoms with Crippen LogP contribution in [0.1, 0.15) is 50.5 Å². The maximum absolute atomic E-state index is 4.70. The molecule has 0 spiro atoms. The molecule has 0 aliphatic rings. The van der Waals surface area contributed by atoms with Crippen LogP contribution in [0.15, 0.2) is 0 Å². The van der Waals surface area contributed by atoms with Crippen LogP contribution < -0.4 is 0 Å². The monoisotopic (exact) mass is 220 g/mol. The minimum atomic E-state index is 0.642. The summed E-state index contributed by atoms with van der Waals surface area (Å²) in [7, 11) is 0. The molecule has 0 bridgehead atoms. The van der Waals surface area contributed by atoms with Crippen molar-refractivity contribution < 1.29 is 0 Å². The molecule has 0 saturated heterocycles. The summed E-state index contributed by atoms with van der Waals surface area (Å²) in [4.78, 5) is 9.41. The maximum atomic E-state index is 4.70. The average Bonchev–Trinajstić information content (AvgIpc) is 2.11. The summed E-state index contributed by atoms with van der Waals surface area (Å²) in [5, 5.41) is 0. The van der Waals surface area contributed by atoms with Gasteiger partial charge in [-0.1, -0.05) is 27.7 Å². The molecule has 16 heavy (non-hydrogen) atoms. The Morgan fingerprint density at radius 2 is 1.06 bits per heavy atom. The van der Waals surface area contributed by atoms with Crippen LogP contribution in [0.25, 0.3) is 0 Å². The molecule has 1 aromatic heterocycles. The molecule has 0 atom stereocenters. The van der Waals surface area contributed by atoms with Crippen LogP contribution in [-0.4, -0.2) is 9.97 Å². The summed E-state index contributed by atoms with van der Waals surface area (Å²) in [6, 6.07) is 0. The topological polar surface area (TPSA) is 25.8 Å². The fourth-order valence-corrected chi connectivity index (χ4v) is 1.86. The van der Waals surface area contributed by atoms with Gasteiger partial charge in [-0.25, -0.2) is 0 Å². The van der Waals surface area contributed by atoms with E-state index in [1.54, 1.807) is 0 Å². The normalized spacial score (nSPS) is 11.5. The van der Waals surface area contributed by atoms with Crippen LogP contribution in [0.2, 0.25) is 0 Å². The molecular weight excluding hydrogens is 196 g/mol. The highest BCUT2D eigenvalue weighted by atomic mass is 14.8. The second-order valence-corrected chi connectivity index (χ2v) is 5.48. The highest BCUT2D eigenvalue weighted by Gasteiger charge is 2.10. The van der Waals surface area contributed by atoms with Crippen LogP contribution in [0.5, 0.6) is 0 Å². The van der Waals surface area contributed by atoms with Gasteiger partial charge in [-0.2, -0.15) is 0 Å². The molecule has 1 heterocycles. The van der Waals surface area contributed by atoms with Crippen molar-refractivity contribution in [3.63, 3.8) is 0 Å². The van der Waals surface area contributed by atoms with E-state index in [9.17, 15) is 0 Å². The van der Waals surface area contributed by atoms with Gasteiger partial charge in [0.25, 0.3) is 0 Å². The van der Waals surface area contributed by atoms with Gasteiger partial charge in [0.15, 0.2) is 0 Å². The Morgan fingerprint density at radius 3 is 1.31 bits per heavy atom. The standard InChI is InChI=1S/C14H24N2/c1-9(2)7-13-11(5)16-14(8-10(3)4)12(6)15-13/h9-10H,7-8H2,1-6H3. The molecule has 0 aliphatic heterocycles. The third-order valence-corrected chi connectivity index (χ3v) is 2.64. The summed E-state index contributed by atoms with van der Waals surface area (Å²) >= 11 is 0. The van der Waals surface area contributed by atoms with E-state index < -0.39 is 0 Å². The first-order chi connectivity index (χ1) is 7.40. The number of nitrogens with zero attached hydrogens (tertiary/aromatic N) is 2. The Labute approximate surface area is 99.5 Å². The molecule has 0 aromatic carbocycles. The van der Waals surface area contributed by atoms with E-state index in [1.165, 1.54) is 11.4 Å². The Bertz CT molecular complexity index is 318. The van der Waals surface area contributed by atoms with Gasteiger partial charge in [-0.15, -0.1) is 0 Å². The first-order valence-corrected chi connectivity index (χ1v) is 6.23. The van der Waals surface area contributed by atoms with Crippen molar-refractivity contribution in [3.05, 3.63) is 22.8 Å². The summed E-state index contributed by atoms with van der Waals surface area (Å²) in [5.41, 5.74) is 4.55. The second kappa shape index (κ2) is 5.42.